The van der Waals surface area contributed by atoms with Gasteiger partial charge in [0.1, 0.15) is 5.69 Å². The van der Waals surface area contributed by atoms with Gasteiger partial charge in [0.05, 0.1) is 24.3 Å². The maximum atomic E-state index is 5.67. The van der Waals surface area contributed by atoms with Crippen molar-refractivity contribution in [2.45, 2.75) is 0 Å². The maximum Gasteiger partial charge on any atom is 0.127 e. The molecular formula is C7H7N5. The average molecular weight is 161 g/mol. The van der Waals surface area contributed by atoms with Gasteiger partial charge in [-0.2, -0.15) is 10.2 Å². The third-order valence-corrected chi connectivity index (χ3v) is 1.47. The molecule has 60 valence electrons. The van der Waals surface area contributed by atoms with Gasteiger partial charge in [-0.3, -0.25) is 4.98 Å². The van der Waals surface area contributed by atoms with E-state index in [-0.39, 0.29) is 0 Å². The summed E-state index contributed by atoms with van der Waals surface area (Å²) in [4.78, 5) is 5.35. The molecule has 0 spiro atoms. The Kier molecular flexibility index (Phi) is 1.48. The van der Waals surface area contributed by atoms with E-state index in [1.165, 1.54) is 4.80 Å². The Morgan fingerprint density at radius 2 is 1.92 bits per heavy atom. The second kappa shape index (κ2) is 2.61. The molecule has 5 heteroatoms. The zero-order valence-corrected chi connectivity index (χ0v) is 6.25. The molecule has 0 aliphatic rings. The van der Waals surface area contributed by atoms with Crippen LogP contribution in [-0.4, -0.2) is 20.0 Å². The Hall–Kier alpha value is -1.91. The predicted octanol–water partition coefficient (Wildman–Crippen LogP) is 0.244. The monoisotopic (exact) mass is 161 g/mol. The van der Waals surface area contributed by atoms with Gasteiger partial charge in [0.2, 0.25) is 0 Å². The molecule has 2 rings (SSSR count). The van der Waals surface area contributed by atoms with E-state index >= 15 is 0 Å². The standard InChI is InChI=1S/C7H7N5/c8-6-1-2-9-5-7(6)12-10-3-4-11-12/h1-5H,(H2,8,9). The van der Waals surface area contributed by atoms with Crippen molar-refractivity contribution in [1.29, 1.82) is 0 Å². The van der Waals surface area contributed by atoms with Gasteiger partial charge in [-0.15, -0.1) is 4.80 Å². The molecule has 0 radical (unpaired) electrons. The van der Waals surface area contributed by atoms with Crippen LogP contribution in [0.2, 0.25) is 0 Å². The number of anilines is 1. The smallest absolute Gasteiger partial charge is 0.127 e. The fourth-order valence-electron chi connectivity index (χ4n) is 0.904. The van der Waals surface area contributed by atoms with Crippen molar-refractivity contribution < 1.29 is 0 Å². The van der Waals surface area contributed by atoms with Crippen LogP contribution in [0, 0.1) is 0 Å². The van der Waals surface area contributed by atoms with Crippen LogP contribution in [0.25, 0.3) is 5.69 Å². The lowest BCUT2D eigenvalue weighted by atomic mass is 10.4. The van der Waals surface area contributed by atoms with Crippen LogP contribution < -0.4 is 5.73 Å². The molecule has 0 saturated carbocycles. The molecule has 2 aromatic heterocycles. The highest BCUT2D eigenvalue weighted by Gasteiger charge is 2.00. The summed E-state index contributed by atoms with van der Waals surface area (Å²) in [7, 11) is 0. The summed E-state index contributed by atoms with van der Waals surface area (Å²) in [6.07, 6.45) is 6.43. The van der Waals surface area contributed by atoms with E-state index in [0.29, 0.717) is 11.4 Å². The van der Waals surface area contributed by atoms with Crippen LogP contribution in [-0.2, 0) is 0 Å². The number of nitrogens with zero attached hydrogens (tertiary/aromatic N) is 4. The van der Waals surface area contributed by atoms with Gasteiger partial charge in [-0.05, 0) is 6.07 Å². The maximum absolute atomic E-state index is 5.67. The van der Waals surface area contributed by atoms with Crippen LogP contribution >= 0.6 is 0 Å². The molecule has 0 fully saturated rings. The third kappa shape index (κ3) is 1.01. The van der Waals surface area contributed by atoms with E-state index in [2.05, 4.69) is 15.2 Å². The number of pyridine rings is 1. The summed E-state index contributed by atoms with van der Waals surface area (Å²) in [6, 6.07) is 1.71. The second-order valence-corrected chi connectivity index (χ2v) is 2.25. The first-order valence-corrected chi connectivity index (χ1v) is 3.44. The summed E-state index contributed by atoms with van der Waals surface area (Å²) in [6.45, 7) is 0. The van der Waals surface area contributed by atoms with Gasteiger partial charge in [-0.25, -0.2) is 0 Å². The molecule has 0 atom stereocenters. The summed E-state index contributed by atoms with van der Waals surface area (Å²) < 4.78 is 0. The fourth-order valence-corrected chi connectivity index (χ4v) is 0.904. The van der Waals surface area contributed by atoms with Crippen LogP contribution in [0.4, 0.5) is 5.69 Å². The molecular weight excluding hydrogens is 154 g/mol. The van der Waals surface area contributed by atoms with Crippen molar-refractivity contribution in [2.24, 2.45) is 0 Å². The number of aromatic nitrogens is 4. The fraction of sp³-hybridized carbons (Fsp3) is 0. The van der Waals surface area contributed by atoms with Gasteiger partial charge in [0, 0.05) is 6.20 Å². The summed E-state index contributed by atoms with van der Waals surface area (Å²) in [5.41, 5.74) is 6.98. The Morgan fingerprint density at radius 3 is 2.58 bits per heavy atom. The molecule has 0 aliphatic carbocycles. The molecule has 5 nitrogen and oxygen atoms in total. The van der Waals surface area contributed by atoms with E-state index in [0.717, 1.165) is 0 Å². The van der Waals surface area contributed by atoms with Crippen LogP contribution in [0.15, 0.2) is 30.9 Å². The highest BCUT2D eigenvalue weighted by molar-refractivity contribution is 5.54. The molecule has 0 amide bonds. The van der Waals surface area contributed by atoms with Gasteiger partial charge in [0.25, 0.3) is 0 Å². The lowest BCUT2D eigenvalue weighted by Gasteiger charge is -2.00. The topological polar surface area (TPSA) is 69.6 Å². The van der Waals surface area contributed by atoms with E-state index in [1.807, 2.05) is 0 Å². The van der Waals surface area contributed by atoms with Gasteiger partial charge >= 0.3 is 0 Å². The largest absolute Gasteiger partial charge is 0.397 e. The number of nitrogens with two attached hydrogens (primary N) is 1. The molecule has 0 saturated heterocycles. The van der Waals surface area contributed by atoms with E-state index < -0.39 is 0 Å². The number of hydrogen-bond acceptors (Lipinski definition) is 4. The van der Waals surface area contributed by atoms with E-state index in [1.54, 1.807) is 30.9 Å². The van der Waals surface area contributed by atoms with Crippen molar-refractivity contribution in [3.05, 3.63) is 30.9 Å². The zero-order chi connectivity index (χ0) is 8.39. The first-order valence-electron chi connectivity index (χ1n) is 3.44. The molecule has 12 heavy (non-hydrogen) atoms. The van der Waals surface area contributed by atoms with E-state index in [4.69, 9.17) is 5.73 Å². The number of nitrogen functional groups attached to an aromatic ring is 1. The molecule has 0 unspecified atom stereocenters. The predicted molar refractivity (Wildman–Crippen MR) is 43.6 cm³/mol. The molecule has 0 bridgehead atoms. The molecule has 0 aliphatic heterocycles. The second-order valence-electron chi connectivity index (χ2n) is 2.25. The average Bonchev–Trinajstić information content (AvgIpc) is 2.57. The Morgan fingerprint density at radius 1 is 1.17 bits per heavy atom. The third-order valence-electron chi connectivity index (χ3n) is 1.47. The lowest BCUT2D eigenvalue weighted by Crippen LogP contribution is -2.03. The quantitative estimate of drug-likeness (QED) is 0.650. The minimum atomic E-state index is 0.612. The van der Waals surface area contributed by atoms with Crippen LogP contribution in [0.5, 0.6) is 0 Å². The first-order chi connectivity index (χ1) is 5.88. The lowest BCUT2D eigenvalue weighted by molar-refractivity contribution is 0.750. The molecule has 2 aromatic rings. The van der Waals surface area contributed by atoms with Crippen molar-refractivity contribution >= 4 is 5.69 Å². The Bertz CT molecular complexity index is 367. The summed E-state index contributed by atoms with van der Waals surface area (Å²) in [5.74, 6) is 0. The highest BCUT2D eigenvalue weighted by atomic mass is 15.5. The number of rotatable bonds is 1. The SMILES string of the molecule is Nc1ccncc1-n1nccn1. The normalized spacial score (nSPS) is 10.0. The van der Waals surface area contributed by atoms with Crippen LogP contribution in [0.1, 0.15) is 0 Å². The van der Waals surface area contributed by atoms with Crippen molar-refractivity contribution in [3.63, 3.8) is 0 Å². The first kappa shape index (κ1) is 6.78. The minimum absolute atomic E-state index is 0.612. The van der Waals surface area contributed by atoms with Crippen molar-refractivity contribution in [1.82, 2.24) is 20.0 Å². The highest BCUT2D eigenvalue weighted by Crippen LogP contribution is 2.11. The Balaban J connectivity index is 2.55. The molecule has 0 aromatic carbocycles. The van der Waals surface area contributed by atoms with Crippen LogP contribution in [0.3, 0.4) is 0 Å². The zero-order valence-electron chi connectivity index (χ0n) is 6.25. The molecule has 2 heterocycles. The Labute approximate surface area is 68.8 Å². The van der Waals surface area contributed by atoms with E-state index in [9.17, 15) is 0 Å². The van der Waals surface area contributed by atoms with Crippen molar-refractivity contribution in [2.75, 3.05) is 5.73 Å². The number of hydrogen-bond donors (Lipinski definition) is 1. The summed E-state index contributed by atoms with van der Waals surface area (Å²) in [5, 5.41) is 7.87. The summed E-state index contributed by atoms with van der Waals surface area (Å²) >= 11 is 0. The van der Waals surface area contributed by atoms with Gasteiger partial charge in [0.15, 0.2) is 0 Å². The minimum Gasteiger partial charge on any atom is -0.397 e. The van der Waals surface area contributed by atoms with Gasteiger partial charge in [-0.1, -0.05) is 0 Å². The molecule has 2 N–H and O–H groups in total. The van der Waals surface area contributed by atoms with Gasteiger partial charge < -0.3 is 5.73 Å². The van der Waals surface area contributed by atoms with Crippen molar-refractivity contribution in [3.8, 4) is 5.69 Å².